The summed E-state index contributed by atoms with van der Waals surface area (Å²) in [4.78, 5) is 12.0. The maximum atomic E-state index is 12.4. The second kappa shape index (κ2) is 9.46. The van der Waals surface area contributed by atoms with E-state index in [0.717, 1.165) is 30.4 Å². The fraction of sp³-hybridized carbons (Fsp3) is 0.500. The number of ketones is 1. The molecule has 1 unspecified atom stereocenters. The van der Waals surface area contributed by atoms with Crippen molar-refractivity contribution in [1.82, 2.24) is 0 Å². The first-order chi connectivity index (χ1) is 10.9. The van der Waals surface area contributed by atoms with Crippen molar-refractivity contribution in [2.24, 2.45) is 5.11 Å². The lowest BCUT2D eigenvalue weighted by Gasteiger charge is -2.11. The van der Waals surface area contributed by atoms with Crippen LogP contribution in [0.4, 0.5) is 0 Å². The Hall–Kier alpha value is -1.68. The minimum Gasteiger partial charge on any atom is -0.594 e. The predicted molar refractivity (Wildman–Crippen MR) is 94.4 cm³/mol. The summed E-state index contributed by atoms with van der Waals surface area (Å²) in [7, 11) is 0. The number of hydrogen-bond donors (Lipinski definition) is 0. The van der Waals surface area contributed by atoms with Crippen molar-refractivity contribution in [3.63, 3.8) is 0 Å². The van der Waals surface area contributed by atoms with Crippen LogP contribution in [0.25, 0.3) is 5.57 Å². The molecule has 4 nitrogen and oxygen atoms in total. The van der Waals surface area contributed by atoms with Crippen LogP contribution < -0.4 is 0 Å². The van der Waals surface area contributed by atoms with Crippen LogP contribution in [0.15, 0.2) is 35.1 Å². The normalized spacial score (nSPS) is 14.4. The standard InChI is InChI=1S/C18H25ClN2O2/c1-5-6-7-8-18(21(23)20-14(3)15(4)22)13(2)16-9-11-17(19)12-10-16/h9-12,14H,5-8H2,1-4H3/b18-13+,21-20?. The molecule has 1 aromatic rings. The van der Waals surface area contributed by atoms with Crippen LogP contribution >= 0.6 is 11.6 Å². The molecule has 1 rings (SSSR count). The fourth-order valence-electron chi connectivity index (χ4n) is 2.14. The Kier molecular flexibility index (Phi) is 7.96. The molecule has 0 bridgehead atoms. The van der Waals surface area contributed by atoms with E-state index in [1.54, 1.807) is 19.1 Å². The first-order valence-electron chi connectivity index (χ1n) is 8.01. The number of halogens is 1. The average molecular weight is 337 g/mol. The van der Waals surface area contributed by atoms with Crippen LogP contribution in [0.1, 0.15) is 58.9 Å². The topological polar surface area (TPSA) is 55.5 Å². The van der Waals surface area contributed by atoms with Crippen LogP contribution in [0.5, 0.6) is 0 Å². The minimum atomic E-state index is -0.633. The van der Waals surface area contributed by atoms with Gasteiger partial charge in [0.15, 0.2) is 11.8 Å². The number of hydrogen-bond acceptors (Lipinski definition) is 3. The van der Waals surface area contributed by atoms with E-state index in [4.69, 9.17) is 11.6 Å². The summed E-state index contributed by atoms with van der Waals surface area (Å²) in [5.74, 6) is -0.122. The first-order valence-corrected chi connectivity index (χ1v) is 8.38. The molecule has 0 aliphatic heterocycles. The molecule has 1 aromatic carbocycles. The van der Waals surface area contributed by atoms with Gasteiger partial charge in [-0.2, -0.15) is 0 Å². The van der Waals surface area contributed by atoms with E-state index in [9.17, 15) is 10.0 Å². The highest BCUT2D eigenvalue weighted by atomic mass is 35.5. The fourth-order valence-corrected chi connectivity index (χ4v) is 2.27. The molecule has 23 heavy (non-hydrogen) atoms. The summed E-state index contributed by atoms with van der Waals surface area (Å²) >= 11 is 5.92. The number of carbonyl (C=O) groups is 1. The molecule has 0 saturated carbocycles. The molecule has 0 spiro atoms. The largest absolute Gasteiger partial charge is 0.594 e. The maximum Gasteiger partial charge on any atom is 0.224 e. The molecule has 0 radical (unpaired) electrons. The van der Waals surface area contributed by atoms with Gasteiger partial charge in [0.25, 0.3) is 0 Å². The minimum absolute atomic E-state index is 0.122. The molecule has 1 atom stereocenters. The number of nitrogens with zero attached hydrogens (tertiary/aromatic N) is 2. The smallest absolute Gasteiger partial charge is 0.224 e. The number of carbonyl (C=O) groups excluding carboxylic acids is 1. The predicted octanol–water partition coefficient (Wildman–Crippen LogP) is 5.59. The molecular weight excluding hydrogens is 312 g/mol. The Morgan fingerprint density at radius 1 is 1.26 bits per heavy atom. The zero-order valence-electron chi connectivity index (χ0n) is 14.3. The highest BCUT2D eigenvalue weighted by Crippen LogP contribution is 2.25. The number of benzene rings is 1. The van der Waals surface area contributed by atoms with Gasteiger partial charge < -0.3 is 5.21 Å². The Morgan fingerprint density at radius 2 is 1.87 bits per heavy atom. The van der Waals surface area contributed by atoms with E-state index in [0.29, 0.717) is 22.0 Å². The lowest BCUT2D eigenvalue weighted by molar-refractivity contribution is -0.483. The van der Waals surface area contributed by atoms with Crippen molar-refractivity contribution in [2.75, 3.05) is 0 Å². The highest BCUT2D eigenvalue weighted by Gasteiger charge is 2.18. The Labute approximate surface area is 143 Å². The van der Waals surface area contributed by atoms with Gasteiger partial charge in [-0.15, -0.1) is 0 Å². The number of unbranched alkanes of at least 4 members (excludes halogenated alkanes) is 2. The highest BCUT2D eigenvalue weighted by molar-refractivity contribution is 6.30. The van der Waals surface area contributed by atoms with Gasteiger partial charge in [-0.1, -0.05) is 48.4 Å². The van der Waals surface area contributed by atoms with Crippen molar-refractivity contribution < 1.29 is 9.66 Å². The summed E-state index contributed by atoms with van der Waals surface area (Å²) in [6.07, 6.45) is 3.68. The lowest BCUT2D eigenvalue weighted by atomic mass is 10.0. The zero-order chi connectivity index (χ0) is 17.4. The molecule has 126 valence electrons. The Bertz CT molecular complexity index is 592. The van der Waals surface area contributed by atoms with Gasteiger partial charge in [-0.05, 0) is 50.0 Å². The van der Waals surface area contributed by atoms with Gasteiger partial charge in [0.1, 0.15) is 0 Å². The van der Waals surface area contributed by atoms with Crippen LogP contribution in [0, 0.1) is 5.21 Å². The van der Waals surface area contributed by atoms with Crippen LogP contribution in [-0.4, -0.2) is 16.7 Å². The van der Waals surface area contributed by atoms with Crippen LogP contribution in [-0.2, 0) is 4.79 Å². The van der Waals surface area contributed by atoms with E-state index in [-0.39, 0.29) is 5.78 Å². The van der Waals surface area contributed by atoms with E-state index < -0.39 is 6.04 Å². The molecular formula is C18H25ClN2O2. The maximum absolute atomic E-state index is 12.4. The van der Waals surface area contributed by atoms with Crippen LogP contribution in [0.2, 0.25) is 5.02 Å². The molecule has 5 heteroatoms. The molecule has 0 aliphatic carbocycles. The van der Waals surface area contributed by atoms with Gasteiger partial charge in [0.05, 0.1) is 0 Å². The molecule has 0 saturated heterocycles. The number of allylic oxidation sites excluding steroid dienone is 2. The molecule has 0 heterocycles. The number of rotatable bonds is 8. The van der Waals surface area contributed by atoms with Crippen molar-refractivity contribution in [3.05, 3.63) is 45.8 Å². The summed E-state index contributed by atoms with van der Waals surface area (Å²) in [5.41, 5.74) is 2.41. The van der Waals surface area contributed by atoms with Crippen molar-refractivity contribution in [3.8, 4) is 0 Å². The monoisotopic (exact) mass is 336 g/mol. The average Bonchev–Trinajstić information content (AvgIpc) is 2.51. The number of Topliss-reactive ketones (excluding diaryl/α,β-unsaturated/α-hetero) is 1. The third kappa shape index (κ3) is 6.14. The SMILES string of the molecule is CCCCC/C(=C(/C)c1ccc(Cl)cc1)[N+]([O-])=NC(C)C(C)=O. The summed E-state index contributed by atoms with van der Waals surface area (Å²) < 4.78 is 0. The van der Waals surface area contributed by atoms with Crippen molar-refractivity contribution in [1.29, 1.82) is 0 Å². The summed E-state index contributed by atoms with van der Waals surface area (Å²) in [5, 5.41) is 17.1. The van der Waals surface area contributed by atoms with E-state index >= 15 is 0 Å². The summed E-state index contributed by atoms with van der Waals surface area (Å²) in [6, 6.07) is 6.74. The molecule has 0 amide bonds. The summed E-state index contributed by atoms with van der Waals surface area (Å²) in [6.45, 7) is 7.10. The zero-order valence-corrected chi connectivity index (χ0v) is 15.1. The molecule has 0 aliphatic rings. The number of hydroxylamine groups is 1. The second-order valence-electron chi connectivity index (χ2n) is 5.71. The van der Waals surface area contributed by atoms with E-state index in [2.05, 4.69) is 12.0 Å². The van der Waals surface area contributed by atoms with Gasteiger partial charge in [-0.25, -0.2) is 0 Å². The number of azo groups is 1. The Morgan fingerprint density at radius 3 is 2.39 bits per heavy atom. The van der Waals surface area contributed by atoms with Gasteiger partial charge in [0.2, 0.25) is 5.70 Å². The quantitative estimate of drug-likeness (QED) is 0.269. The third-order valence-electron chi connectivity index (χ3n) is 3.82. The van der Waals surface area contributed by atoms with Crippen molar-refractivity contribution >= 4 is 23.0 Å². The third-order valence-corrected chi connectivity index (χ3v) is 4.08. The second-order valence-corrected chi connectivity index (χ2v) is 6.15. The van der Waals surface area contributed by atoms with Gasteiger partial charge in [0, 0.05) is 17.0 Å². The molecule has 0 N–H and O–H groups in total. The lowest BCUT2D eigenvalue weighted by Crippen LogP contribution is -2.15. The van der Waals surface area contributed by atoms with Gasteiger partial charge in [-0.3, -0.25) is 4.79 Å². The van der Waals surface area contributed by atoms with E-state index in [1.807, 2.05) is 19.1 Å². The first kappa shape index (κ1) is 19.4. The molecule has 0 fully saturated rings. The molecule has 0 aromatic heterocycles. The van der Waals surface area contributed by atoms with Crippen molar-refractivity contribution in [2.45, 2.75) is 59.4 Å². The Balaban J connectivity index is 3.19. The van der Waals surface area contributed by atoms with E-state index in [1.165, 1.54) is 6.92 Å². The van der Waals surface area contributed by atoms with Crippen LogP contribution in [0.3, 0.4) is 0 Å². The van der Waals surface area contributed by atoms with Gasteiger partial charge >= 0.3 is 0 Å².